The topological polar surface area (TPSA) is 12.0 Å². The molecule has 0 saturated heterocycles. The zero-order chi connectivity index (χ0) is 8.93. The van der Waals surface area contributed by atoms with Crippen LogP contribution in [0.1, 0.15) is 12.0 Å². The van der Waals surface area contributed by atoms with Crippen LogP contribution in [0.4, 0.5) is 0 Å². The van der Waals surface area contributed by atoms with Gasteiger partial charge in [-0.2, -0.15) is 0 Å². The molecule has 1 nitrogen and oxygen atoms in total. The molecule has 0 fully saturated rings. The molecule has 0 amide bonds. The Bertz CT molecular complexity index is 292. The molecule has 1 aromatic rings. The molecule has 1 aliphatic rings. The summed E-state index contributed by atoms with van der Waals surface area (Å²) >= 11 is 0. The van der Waals surface area contributed by atoms with Crippen molar-refractivity contribution >= 4 is 12.4 Å². The van der Waals surface area contributed by atoms with Crippen LogP contribution in [0.2, 0.25) is 0 Å². The van der Waals surface area contributed by atoms with Gasteiger partial charge >= 0.3 is 0 Å². The number of hydrogen-bond donors (Lipinski definition) is 1. The molecule has 1 N–H and O–H groups in total. The van der Waals surface area contributed by atoms with Crippen LogP contribution in [0, 0.1) is 0 Å². The largest absolute Gasteiger partial charge is 0.313 e. The van der Waals surface area contributed by atoms with E-state index in [9.17, 15) is 0 Å². The first-order chi connectivity index (χ1) is 6.45. The Kier molecular flexibility index (Phi) is 4.71. The molecule has 0 atom stereocenters. The van der Waals surface area contributed by atoms with E-state index in [0.717, 1.165) is 19.5 Å². The Balaban J connectivity index is 0.000000980. The lowest BCUT2D eigenvalue weighted by atomic mass is 10.0. The molecule has 76 valence electrons. The van der Waals surface area contributed by atoms with E-state index in [1.807, 2.05) is 0 Å². The molecule has 1 aromatic carbocycles. The average Bonchev–Trinajstić information content (AvgIpc) is 2.21. The summed E-state index contributed by atoms with van der Waals surface area (Å²) in [6.07, 6.45) is 4.65. The molecule has 0 bridgehead atoms. The highest BCUT2D eigenvalue weighted by Crippen LogP contribution is 2.12. The summed E-state index contributed by atoms with van der Waals surface area (Å²) < 4.78 is 0. The summed E-state index contributed by atoms with van der Waals surface area (Å²) in [5.41, 5.74) is 3.00. The predicted octanol–water partition coefficient (Wildman–Crippen LogP) is 2.57. The fraction of sp³-hybridized carbons (Fsp3) is 0.333. The quantitative estimate of drug-likeness (QED) is 0.739. The lowest BCUT2D eigenvalue weighted by Crippen LogP contribution is -2.21. The summed E-state index contributed by atoms with van der Waals surface area (Å²) in [5.74, 6) is 0. The van der Waals surface area contributed by atoms with Crippen molar-refractivity contribution in [2.75, 3.05) is 13.1 Å². The van der Waals surface area contributed by atoms with Crippen molar-refractivity contribution in [1.29, 1.82) is 0 Å². The lowest BCUT2D eigenvalue weighted by Gasteiger charge is -2.13. The third-order valence-electron chi connectivity index (χ3n) is 2.43. The smallest absolute Gasteiger partial charge is 0.0137 e. The van der Waals surface area contributed by atoms with Gasteiger partial charge in [-0.15, -0.1) is 12.4 Å². The SMILES string of the molecule is C1=C(Cc2ccccc2)CCNC1.Cl. The van der Waals surface area contributed by atoms with Crippen LogP contribution in [0.15, 0.2) is 42.0 Å². The first-order valence-corrected chi connectivity index (χ1v) is 4.88. The molecule has 0 aliphatic carbocycles. The highest BCUT2D eigenvalue weighted by Gasteiger charge is 2.02. The first kappa shape index (κ1) is 11.3. The molecule has 2 rings (SSSR count). The Morgan fingerprint density at radius 2 is 1.93 bits per heavy atom. The van der Waals surface area contributed by atoms with Gasteiger partial charge < -0.3 is 5.32 Å². The van der Waals surface area contributed by atoms with Gasteiger partial charge in [0.1, 0.15) is 0 Å². The summed E-state index contributed by atoms with van der Waals surface area (Å²) in [6.45, 7) is 2.18. The predicted molar refractivity (Wildman–Crippen MR) is 63.0 cm³/mol. The first-order valence-electron chi connectivity index (χ1n) is 4.88. The standard InChI is InChI=1S/C12H15N.ClH/c1-2-4-11(5-3-1)10-12-6-8-13-9-7-12;/h1-6,13H,7-10H2;1H. The van der Waals surface area contributed by atoms with Crippen LogP contribution < -0.4 is 5.32 Å². The third kappa shape index (κ3) is 3.17. The normalized spacial score (nSPS) is 15.6. The Morgan fingerprint density at radius 3 is 2.57 bits per heavy atom. The number of halogens is 1. The molecule has 1 heterocycles. The number of hydrogen-bond acceptors (Lipinski definition) is 1. The zero-order valence-electron chi connectivity index (χ0n) is 8.20. The van der Waals surface area contributed by atoms with Crippen molar-refractivity contribution in [2.24, 2.45) is 0 Å². The van der Waals surface area contributed by atoms with Crippen molar-refractivity contribution in [2.45, 2.75) is 12.8 Å². The number of rotatable bonds is 2. The number of nitrogens with one attached hydrogen (secondary N) is 1. The fourth-order valence-corrected chi connectivity index (χ4v) is 1.69. The van der Waals surface area contributed by atoms with Crippen LogP contribution in [0.5, 0.6) is 0 Å². The Labute approximate surface area is 91.6 Å². The monoisotopic (exact) mass is 209 g/mol. The van der Waals surface area contributed by atoms with Gasteiger partial charge in [-0.05, 0) is 24.9 Å². The second-order valence-electron chi connectivity index (χ2n) is 3.48. The molecular formula is C12H16ClN. The highest BCUT2D eigenvalue weighted by molar-refractivity contribution is 5.85. The molecule has 0 aromatic heterocycles. The molecule has 0 radical (unpaired) electrons. The minimum Gasteiger partial charge on any atom is -0.313 e. The van der Waals surface area contributed by atoms with Crippen LogP contribution in [-0.4, -0.2) is 13.1 Å². The molecule has 2 heteroatoms. The molecule has 1 aliphatic heterocycles. The van der Waals surface area contributed by atoms with E-state index in [-0.39, 0.29) is 12.4 Å². The summed E-state index contributed by atoms with van der Waals surface area (Å²) in [4.78, 5) is 0. The van der Waals surface area contributed by atoms with Gasteiger partial charge in [0.05, 0.1) is 0 Å². The summed E-state index contributed by atoms with van der Waals surface area (Å²) in [7, 11) is 0. The molecule has 0 spiro atoms. The van der Waals surface area contributed by atoms with Crippen molar-refractivity contribution in [3.8, 4) is 0 Å². The van der Waals surface area contributed by atoms with Gasteiger partial charge in [0.15, 0.2) is 0 Å². The maximum absolute atomic E-state index is 3.32. The molecular weight excluding hydrogens is 194 g/mol. The van der Waals surface area contributed by atoms with E-state index in [4.69, 9.17) is 0 Å². The average molecular weight is 210 g/mol. The Morgan fingerprint density at radius 1 is 1.14 bits per heavy atom. The molecule has 0 saturated carbocycles. The third-order valence-corrected chi connectivity index (χ3v) is 2.43. The van der Waals surface area contributed by atoms with Crippen LogP contribution in [-0.2, 0) is 6.42 Å². The van der Waals surface area contributed by atoms with E-state index in [1.54, 1.807) is 5.57 Å². The van der Waals surface area contributed by atoms with Gasteiger partial charge in [-0.25, -0.2) is 0 Å². The van der Waals surface area contributed by atoms with E-state index in [0.29, 0.717) is 0 Å². The van der Waals surface area contributed by atoms with Crippen LogP contribution in [0.3, 0.4) is 0 Å². The number of benzene rings is 1. The van der Waals surface area contributed by atoms with E-state index in [2.05, 4.69) is 41.7 Å². The van der Waals surface area contributed by atoms with Crippen molar-refractivity contribution < 1.29 is 0 Å². The summed E-state index contributed by atoms with van der Waals surface area (Å²) in [6, 6.07) is 10.7. The van der Waals surface area contributed by atoms with Gasteiger partial charge in [-0.1, -0.05) is 42.0 Å². The highest BCUT2D eigenvalue weighted by atomic mass is 35.5. The van der Waals surface area contributed by atoms with Crippen molar-refractivity contribution in [3.63, 3.8) is 0 Å². The second kappa shape index (κ2) is 5.84. The molecule has 0 unspecified atom stereocenters. The maximum Gasteiger partial charge on any atom is 0.0137 e. The van der Waals surface area contributed by atoms with Crippen LogP contribution in [0.25, 0.3) is 0 Å². The van der Waals surface area contributed by atoms with Gasteiger partial charge in [0, 0.05) is 6.54 Å². The minimum atomic E-state index is 0. The maximum atomic E-state index is 3.32. The van der Waals surface area contributed by atoms with Gasteiger partial charge in [0.2, 0.25) is 0 Å². The van der Waals surface area contributed by atoms with Gasteiger partial charge in [0.25, 0.3) is 0 Å². The second-order valence-corrected chi connectivity index (χ2v) is 3.48. The Hall–Kier alpha value is -0.790. The lowest BCUT2D eigenvalue weighted by molar-refractivity contribution is 0.692. The van der Waals surface area contributed by atoms with E-state index < -0.39 is 0 Å². The van der Waals surface area contributed by atoms with Gasteiger partial charge in [-0.3, -0.25) is 0 Å². The van der Waals surface area contributed by atoms with Crippen LogP contribution >= 0.6 is 12.4 Å². The van der Waals surface area contributed by atoms with Crippen molar-refractivity contribution in [1.82, 2.24) is 5.32 Å². The zero-order valence-corrected chi connectivity index (χ0v) is 9.02. The van der Waals surface area contributed by atoms with E-state index >= 15 is 0 Å². The molecule has 14 heavy (non-hydrogen) atoms. The van der Waals surface area contributed by atoms with E-state index in [1.165, 1.54) is 12.0 Å². The minimum absolute atomic E-state index is 0. The summed E-state index contributed by atoms with van der Waals surface area (Å²) in [5, 5.41) is 3.32. The van der Waals surface area contributed by atoms with Crippen molar-refractivity contribution in [3.05, 3.63) is 47.5 Å². The fourth-order valence-electron chi connectivity index (χ4n) is 1.69.